The smallest absolute Gasteiger partial charge is 0.271 e. The molecule has 0 radical (unpaired) electrons. The van der Waals surface area contributed by atoms with Gasteiger partial charge in [-0.05, 0) is 19.3 Å². The summed E-state index contributed by atoms with van der Waals surface area (Å²) in [5, 5.41) is 7.44. The third-order valence-corrected chi connectivity index (χ3v) is 5.63. The number of nitrogens with zero attached hydrogens (tertiary/aromatic N) is 3. The van der Waals surface area contributed by atoms with Crippen LogP contribution in [-0.2, 0) is 32.2 Å². The Labute approximate surface area is 151 Å². The standard InChI is InChI=1S/C16H21N5OS.ClH/c22-16(12-10-21-9-8-17-6-4-14(21)19-12)18-7-5-15-20-11-2-1-3-13(11)23-15;/h10,17H,1-9H2,(H,18,22);1H. The second-order valence-corrected chi connectivity index (χ2v) is 7.24. The van der Waals surface area contributed by atoms with Gasteiger partial charge in [-0.2, -0.15) is 0 Å². The summed E-state index contributed by atoms with van der Waals surface area (Å²) in [6.07, 6.45) is 7.09. The Morgan fingerprint density at radius 1 is 1.29 bits per heavy atom. The van der Waals surface area contributed by atoms with Crippen molar-refractivity contribution >= 4 is 29.7 Å². The predicted octanol–water partition coefficient (Wildman–Crippen LogP) is 1.37. The summed E-state index contributed by atoms with van der Waals surface area (Å²) in [6, 6.07) is 0. The molecule has 0 spiro atoms. The number of thiazole rings is 1. The molecule has 1 aliphatic carbocycles. The number of aromatic nitrogens is 3. The molecule has 24 heavy (non-hydrogen) atoms. The molecule has 2 aliphatic rings. The predicted molar refractivity (Wildman–Crippen MR) is 96.2 cm³/mol. The number of amides is 1. The molecule has 2 N–H and O–H groups in total. The highest BCUT2D eigenvalue weighted by Crippen LogP contribution is 2.27. The minimum absolute atomic E-state index is 0. The Balaban J connectivity index is 0.00000169. The quantitative estimate of drug-likeness (QED) is 0.856. The fourth-order valence-corrected chi connectivity index (χ4v) is 4.36. The Morgan fingerprint density at radius 3 is 3.08 bits per heavy atom. The Kier molecular flexibility index (Phi) is 5.53. The number of fused-ring (bicyclic) bond motifs is 2. The average Bonchev–Trinajstić information content (AvgIpc) is 3.19. The van der Waals surface area contributed by atoms with E-state index in [2.05, 4.69) is 25.2 Å². The first-order valence-electron chi connectivity index (χ1n) is 8.32. The van der Waals surface area contributed by atoms with Crippen molar-refractivity contribution in [1.29, 1.82) is 0 Å². The number of halogens is 1. The van der Waals surface area contributed by atoms with Crippen LogP contribution in [0.4, 0.5) is 0 Å². The van der Waals surface area contributed by atoms with Gasteiger partial charge in [0.25, 0.3) is 5.91 Å². The van der Waals surface area contributed by atoms with Crippen LogP contribution in [0.2, 0.25) is 0 Å². The van der Waals surface area contributed by atoms with Crippen LogP contribution in [-0.4, -0.2) is 40.1 Å². The molecule has 0 saturated carbocycles. The summed E-state index contributed by atoms with van der Waals surface area (Å²) in [5.74, 6) is 0.916. The first kappa shape index (κ1) is 17.4. The van der Waals surface area contributed by atoms with E-state index in [9.17, 15) is 4.79 Å². The molecule has 4 rings (SSSR count). The lowest BCUT2D eigenvalue weighted by atomic mass is 10.3. The lowest BCUT2D eigenvalue weighted by Crippen LogP contribution is -2.26. The zero-order chi connectivity index (χ0) is 15.6. The van der Waals surface area contributed by atoms with E-state index in [-0.39, 0.29) is 18.3 Å². The molecular weight excluding hydrogens is 346 g/mol. The van der Waals surface area contributed by atoms with Crippen molar-refractivity contribution in [2.24, 2.45) is 0 Å². The van der Waals surface area contributed by atoms with Crippen LogP contribution in [0, 0.1) is 0 Å². The fraction of sp³-hybridized carbons (Fsp3) is 0.562. The van der Waals surface area contributed by atoms with Crippen LogP contribution in [0.3, 0.4) is 0 Å². The Morgan fingerprint density at radius 2 is 2.21 bits per heavy atom. The van der Waals surface area contributed by atoms with E-state index in [0.29, 0.717) is 12.2 Å². The van der Waals surface area contributed by atoms with Gasteiger partial charge in [0.05, 0.1) is 10.7 Å². The summed E-state index contributed by atoms with van der Waals surface area (Å²) >= 11 is 1.80. The van der Waals surface area contributed by atoms with Gasteiger partial charge in [0.15, 0.2) is 0 Å². The van der Waals surface area contributed by atoms with Crippen molar-refractivity contribution < 1.29 is 4.79 Å². The molecular formula is C16H22ClN5OS. The van der Waals surface area contributed by atoms with E-state index >= 15 is 0 Å². The number of aryl methyl sites for hydroxylation is 2. The summed E-state index contributed by atoms with van der Waals surface area (Å²) in [4.78, 5) is 22.8. The minimum Gasteiger partial charge on any atom is -0.350 e. The van der Waals surface area contributed by atoms with Gasteiger partial charge in [0.1, 0.15) is 11.5 Å². The molecule has 0 saturated heterocycles. The van der Waals surface area contributed by atoms with E-state index in [1.165, 1.54) is 23.4 Å². The summed E-state index contributed by atoms with van der Waals surface area (Å²) in [5.41, 5.74) is 1.81. The highest BCUT2D eigenvalue weighted by molar-refractivity contribution is 7.11. The largest absolute Gasteiger partial charge is 0.350 e. The summed E-state index contributed by atoms with van der Waals surface area (Å²) in [7, 11) is 0. The van der Waals surface area contributed by atoms with Crippen molar-refractivity contribution in [2.45, 2.75) is 38.6 Å². The number of imidazole rings is 1. The van der Waals surface area contributed by atoms with Gasteiger partial charge >= 0.3 is 0 Å². The number of nitrogens with one attached hydrogen (secondary N) is 2. The first-order chi connectivity index (χ1) is 11.3. The molecule has 0 bridgehead atoms. The highest BCUT2D eigenvalue weighted by Gasteiger charge is 2.18. The highest BCUT2D eigenvalue weighted by atomic mass is 35.5. The molecule has 0 fully saturated rings. The maximum atomic E-state index is 12.3. The number of rotatable bonds is 4. The van der Waals surface area contributed by atoms with Crippen molar-refractivity contribution in [2.75, 3.05) is 19.6 Å². The third kappa shape index (κ3) is 3.63. The van der Waals surface area contributed by atoms with Crippen molar-refractivity contribution in [3.05, 3.63) is 33.3 Å². The first-order valence-corrected chi connectivity index (χ1v) is 9.13. The van der Waals surface area contributed by atoms with E-state index in [1.807, 2.05) is 6.20 Å². The normalized spacial score (nSPS) is 16.0. The molecule has 130 valence electrons. The van der Waals surface area contributed by atoms with Crippen LogP contribution < -0.4 is 10.6 Å². The van der Waals surface area contributed by atoms with Crippen LogP contribution in [0.25, 0.3) is 0 Å². The molecule has 3 heterocycles. The monoisotopic (exact) mass is 367 g/mol. The van der Waals surface area contributed by atoms with E-state index in [4.69, 9.17) is 0 Å². The van der Waals surface area contributed by atoms with E-state index in [0.717, 1.165) is 49.7 Å². The van der Waals surface area contributed by atoms with Crippen molar-refractivity contribution in [3.8, 4) is 0 Å². The molecule has 0 aromatic carbocycles. The van der Waals surface area contributed by atoms with Gasteiger partial charge in [-0.3, -0.25) is 4.79 Å². The van der Waals surface area contributed by atoms with Crippen molar-refractivity contribution in [1.82, 2.24) is 25.2 Å². The second kappa shape index (κ2) is 7.63. The topological polar surface area (TPSA) is 71.8 Å². The van der Waals surface area contributed by atoms with Gasteiger partial charge in [-0.25, -0.2) is 9.97 Å². The molecule has 1 aliphatic heterocycles. The SMILES string of the molecule is Cl.O=C(NCCc1nc2c(s1)CCC2)c1cn2c(n1)CCNCC2. The van der Waals surface area contributed by atoms with Crippen LogP contribution >= 0.6 is 23.7 Å². The summed E-state index contributed by atoms with van der Waals surface area (Å²) < 4.78 is 2.08. The lowest BCUT2D eigenvalue weighted by molar-refractivity contribution is 0.0949. The summed E-state index contributed by atoms with van der Waals surface area (Å²) in [6.45, 7) is 3.35. The van der Waals surface area contributed by atoms with Gasteiger partial charge in [0, 0.05) is 50.1 Å². The third-order valence-electron chi connectivity index (χ3n) is 4.41. The zero-order valence-electron chi connectivity index (χ0n) is 13.5. The van der Waals surface area contributed by atoms with Crippen LogP contribution in [0.15, 0.2) is 6.20 Å². The number of hydrogen-bond acceptors (Lipinski definition) is 5. The molecule has 0 unspecified atom stereocenters. The van der Waals surface area contributed by atoms with Gasteiger partial charge in [-0.15, -0.1) is 23.7 Å². The molecule has 1 amide bonds. The molecule has 6 nitrogen and oxygen atoms in total. The maximum absolute atomic E-state index is 12.3. The van der Waals surface area contributed by atoms with E-state index < -0.39 is 0 Å². The second-order valence-electron chi connectivity index (χ2n) is 6.07. The van der Waals surface area contributed by atoms with Crippen molar-refractivity contribution in [3.63, 3.8) is 0 Å². The lowest BCUT2D eigenvalue weighted by Gasteiger charge is -2.02. The molecule has 0 atom stereocenters. The maximum Gasteiger partial charge on any atom is 0.271 e. The van der Waals surface area contributed by atoms with Crippen LogP contribution in [0.5, 0.6) is 0 Å². The van der Waals surface area contributed by atoms with Crippen LogP contribution in [0.1, 0.15) is 38.3 Å². The molecule has 8 heteroatoms. The minimum atomic E-state index is -0.0809. The van der Waals surface area contributed by atoms with Gasteiger partial charge < -0.3 is 15.2 Å². The number of carbonyl (C=O) groups excluding carboxylic acids is 1. The Bertz CT molecular complexity index is 681. The van der Waals surface area contributed by atoms with Gasteiger partial charge in [-0.1, -0.05) is 0 Å². The molecule has 2 aromatic rings. The Hall–Kier alpha value is -1.44. The molecule has 2 aromatic heterocycles. The average molecular weight is 368 g/mol. The number of hydrogen-bond donors (Lipinski definition) is 2. The number of carbonyl (C=O) groups is 1. The van der Waals surface area contributed by atoms with Gasteiger partial charge in [0.2, 0.25) is 0 Å². The fourth-order valence-electron chi connectivity index (χ4n) is 3.21. The zero-order valence-corrected chi connectivity index (χ0v) is 15.1. The van der Waals surface area contributed by atoms with E-state index in [1.54, 1.807) is 11.3 Å².